The number of piperidine rings is 1. The van der Waals surface area contributed by atoms with Crippen LogP contribution >= 0.6 is 0 Å². The Morgan fingerprint density at radius 1 is 0.923 bits per heavy atom. The quantitative estimate of drug-likeness (QED) is 0.662. The highest BCUT2D eigenvalue weighted by Crippen LogP contribution is 2.35. The first kappa shape index (κ1) is 9.45. The van der Waals surface area contributed by atoms with Gasteiger partial charge in [0.25, 0.3) is 0 Å². The fraction of sp³-hybridized carbons (Fsp3) is 1.00. The Hall–Kier alpha value is -0.110. The highest BCUT2D eigenvalue weighted by molar-refractivity contribution is 4.81. The van der Waals surface area contributed by atoms with E-state index in [2.05, 4.69) is 5.32 Å². The summed E-state index contributed by atoms with van der Waals surface area (Å²) in [5.74, 6) is 1.52. The first-order valence-corrected chi connectivity index (χ1v) is 5.71. The van der Waals surface area contributed by atoms with Crippen molar-refractivity contribution >= 4 is 0 Å². The second-order valence-corrected chi connectivity index (χ2v) is 4.61. The van der Waals surface area contributed by atoms with Gasteiger partial charge in [-0.3, -0.25) is 0 Å². The zero-order valence-corrected chi connectivity index (χ0v) is 8.27. The van der Waals surface area contributed by atoms with Crippen molar-refractivity contribution in [1.29, 1.82) is 0 Å². The Morgan fingerprint density at radius 2 is 1.69 bits per heavy atom. The maximum absolute atomic E-state index is 13.2. The summed E-state index contributed by atoms with van der Waals surface area (Å²) in [4.78, 5) is 0. The number of alkyl halides is 1. The molecule has 2 heteroatoms. The zero-order valence-electron chi connectivity index (χ0n) is 8.27. The van der Waals surface area contributed by atoms with Crippen LogP contribution in [-0.2, 0) is 0 Å². The molecule has 76 valence electrons. The molecule has 2 rings (SSSR count). The molecular formula is C11H20FN. The predicted molar refractivity (Wildman–Crippen MR) is 52.4 cm³/mol. The van der Waals surface area contributed by atoms with Gasteiger partial charge in [-0.25, -0.2) is 4.39 Å². The molecular weight excluding hydrogens is 165 g/mol. The van der Waals surface area contributed by atoms with E-state index >= 15 is 0 Å². The minimum atomic E-state index is -0.492. The molecule has 1 nitrogen and oxygen atoms in total. The van der Waals surface area contributed by atoms with Crippen molar-refractivity contribution in [3.05, 3.63) is 0 Å². The van der Waals surface area contributed by atoms with Gasteiger partial charge in [-0.1, -0.05) is 6.42 Å². The van der Waals surface area contributed by atoms with E-state index in [0.29, 0.717) is 5.92 Å². The first-order chi connectivity index (χ1) is 6.36. The molecule has 2 atom stereocenters. The van der Waals surface area contributed by atoms with Gasteiger partial charge in [0.05, 0.1) is 0 Å². The Bertz CT molecular complexity index is 154. The van der Waals surface area contributed by atoms with Gasteiger partial charge in [-0.05, 0) is 57.0 Å². The lowest BCUT2D eigenvalue weighted by atomic mass is 9.75. The standard InChI is InChI=1S/C11H20FN/c12-11-3-1-2-10(8-11)9-4-6-13-7-5-9/h9-11,13H,1-8H2. The molecule has 2 aliphatic rings. The lowest BCUT2D eigenvalue weighted by Crippen LogP contribution is -2.33. The van der Waals surface area contributed by atoms with Crippen molar-refractivity contribution in [3.63, 3.8) is 0 Å². The van der Waals surface area contributed by atoms with E-state index in [1.807, 2.05) is 0 Å². The largest absolute Gasteiger partial charge is 0.317 e. The maximum atomic E-state index is 13.2. The average Bonchev–Trinajstić information content (AvgIpc) is 2.19. The monoisotopic (exact) mass is 185 g/mol. The summed E-state index contributed by atoms with van der Waals surface area (Å²) in [5.41, 5.74) is 0. The van der Waals surface area contributed by atoms with E-state index in [1.165, 1.54) is 19.3 Å². The van der Waals surface area contributed by atoms with Gasteiger partial charge in [-0.15, -0.1) is 0 Å². The Morgan fingerprint density at radius 3 is 2.38 bits per heavy atom. The molecule has 1 aliphatic heterocycles. The van der Waals surface area contributed by atoms with Crippen LogP contribution < -0.4 is 5.32 Å². The molecule has 1 heterocycles. The van der Waals surface area contributed by atoms with Crippen molar-refractivity contribution in [2.24, 2.45) is 11.8 Å². The normalized spacial score (nSPS) is 37.6. The van der Waals surface area contributed by atoms with Crippen LogP contribution in [-0.4, -0.2) is 19.3 Å². The SMILES string of the molecule is FC1CCCC(C2CCNCC2)C1. The molecule has 2 fully saturated rings. The van der Waals surface area contributed by atoms with Crippen molar-refractivity contribution in [1.82, 2.24) is 5.32 Å². The summed E-state index contributed by atoms with van der Waals surface area (Å²) in [6.07, 6.45) is 6.13. The molecule has 1 aliphatic carbocycles. The summed E-state index contributed by atoms with van der Waals surface area (Å²) in [6.45, 7) is 2.30. The van der Waals surface area contributed by atoms with Gasteiger partial charge in [0.15, 0.2) is 0 Å². The van der Waals surface area contributed by atoms with E-state index in [4.69, 9.17) is 0 Å². The lowest BCUT2D eigenvalue weighted by Gasteiger charge is -2.34. The number of hydrogen-bond donors (Lipinski definition) is 1. The molecule has 0 aromatic carbocycles. The van der Waals surface area contributed by atoms with Crippen LogP contribution in [0.4, 0.5) is 4.39 Å². The summed E-state index contributed by atoms with van der Waals surface area (Å²) < 4.78 is 13.2. The molecule has 1 saturated carbocycles. The third-order valence-corrected chi connectivity index (χ3v) is 3.70. The summed E-state index contributed by atoms with van der Waals surface area (Å²) in [6, 6.07) is 0. The van der Waals surface area contributed by atoms with E-state index in [0.717, 1.165) is 38.3 Å². The van der Waals surface area contributed by atoms with Crippen LogP contribution in [0.1, 0.15) is 38.5 Å². The Kier molecular flexibility index (Phi) is 3.20. The fourth-order valence-electron chi connectivity index (χ4n) is 2.91. The van der Waals surface area contributed by atoms with E-state index < -0.39 is 6.17 Å². The average molecular weight is 185 g/mol. The fourth-order valence-corrected chi connectivity index (χ4v) is 2.91. The molecule has 1 saturated heterocycles. The van der Waals surface area contributed by atoms with E-state index in [9.17, 15) is 4.39 Å². The highest BCUT2D eigenvalue weighted by atomic mass is 19.1. The van der Waals surface area contributed by atoms with Crippen LogP contribution in [0, 0.1) is 11.8 Å². The maximum Gasteiger partial charge on any atom is 0.100 e. The number of halogens is 1. The zero-order chi connectivity index (χ0) is 9.10. The van der Waals surface area contributed by atoms with Crippen molar-refractivity contribution < 1.29 is 4.39 Å². The number of nitrogens with one attached hydrogen (secondary N) is 1. The molecule has 1 N–H and O–H groups in total. The van der Waals surface area contributed by atoms with Gasteiger partial charge < -0.3 is 5.32 Å². The number of hydrogen-bond acceptors (Lipinski definition) is 1. The van der Waals surface area contributed by atoms with Gasteiger partial charge in [0.1, 0.15) is 6.17 Å². The molecule has 0 radical (unpaired) electrons. The van der Waals surface area contributed by atoms with Gasteiger partial charge >= 0.3 is 0 Å². The second-order valence-electron chi connectivity index (χ2n) is 4.61. The van der Waals surface area contributed by atoms with E-state index in [-0.39, 0.29) is 0 Å². The van der Waals surface area contributed by atoms with Gasteiger partial charge in [-0.2, -0.15) is 0 Å². The molecule has 0 aromatic heterocycles. The van der Waals surface area contributed by atoms with Crippen LogP contribution in [0.2, 0.25) is 0 Å². The predicted octanol–water partition coefficient (Wildman–Crippen LogP) is 2.51. The van der Waals surface area contributed by atoms with Gasteiger partial charge in [0, 0.05) is 0 Å². The van der Waals surface area contributed by atoms with Crippen molar-refractivity contribution in [2.45, 2.75) is 44.7 Å². The Labute approximate surface area is 80.1 Å². The minimum absolute atomic E-state index is 0.492. The molecule has 0 aromatic rings. The lowest BCUT2D eigenvalue weighted by molar-refractivity contribution is 0.135. The van der Waals surface area contributed by atoms with Crippen LogP contribution in [0.5, 0.6) is 0 Å². The van der Waals surface area contributed by atoms with Crippen LogP contribution in [0.25, 0.3) is 0 Å². The number of rotatable bonds is 1. The summed E-state index contributed by atoms with van der Waals surface area (Å²) in [7, 11) is 0. The summed E-state index contributed by atoms with van der Waals surface area (Å²) in [5, 5.41) is 3.37. The third kappa shape index (κ3) is 2.43. The summed E-state index contributed by atoms with van der Waals surface area (Å²) >= 11 is 0. The second kappa shape index (κ2) is 4.41. The Balaban J connectivity index is 1.83. The minimum Gasteiger partial charge on any atom is -0.317 e. The smallest absolute Gasteiger partial charge is 0.100 e. The third-order valence-electron chi connectivity index (χ3n) is 3.70. The molecule has 2 unspecified atom stereocenters. The molecule has 13 heavy (non-hydrogen) atoms. The van der Waals surface area contributed by atoms with Crippen LogP contribution in [0.15, 0.2) is 0 Å². The van der Waals surface area contributed by atoms with Crippen molar-refractivity contribution in [2.75, 3.05) is 13.1 Å². The highest BCUT2D eigenvalue weighted by Gasteiger charge is 2.28. The first-order valence-electron chi connectivity index (χ1n) is 5.71. The topological polar surface area (TPSA) is 12.0 Å². The molecule has 0 bridgehead atoms. The van der Waals surface area contributed by atoms with Crippen LogP contribution in [0.3, 0.4) is 0 Å². The molecule has 0 spiro atoms. The van der Waals surface area contributed by atoms with E-state index in [1.54, 1.807) is 0 Å². The van der Waals surface area contributed by atoms with Gasteiger partial charge in [0.2, 0.25) is 0 Å². The molecule has 0 amide bonds. The van der Waals surface area contributed by atoms with Crippen molar-refractivity contribution in [3.8, 4) is 0 Å².